The summed E-state index contributed by atoms with van der Waals surface area (Å²) in [6.45, 7) is 0.376. The topological polar surface area (TPSA) is 91.5 Å². The van der Waals surface area contributed by atoms with Crippen molar-refractivity contribution in [2.75, 3.05) is 13.1 Å². The Morgan fingerprint density at radius 3 is 2.60 bits per heavy atom. The number of hydrogen-bond acceptors (Lipinski definition) is 4. The molecule has 40 heavy (non-hydrogen) atoms. The maximum atomic E-state index is 14.0. The van der Waals surface area contributed by atoms with Crippen LogP contribution in [0.25, 0.3) is 0 Å². The minimum Gasteiger partial charge on any atom is -0.483 e. The van der Waals surface area contributed by atoms with Crippen LogP contribution in [0.3, 0.4) is 0 Å². The first-order valence-corrected chi connectivity index (χ1v) is 13.1. The van der Waals surface area contributed by atoms with Crippen LogP contribution in [0, 0.1) is 23.4 Å². The number of allylic oxidation sites excluding steroid dienone is 1. The molecular formula is C30H28F3N3O4. The summed E-state index contributed by atoms with van der Waals surface area (Å²) in [5.41, 5.74) is 0.292. The Hall–Kier alpha value is -4.34. The number of nitrogens with zero attached hydrogens (tertiary/aromatic N) is 1. The lowest BCUT2D eigenvalue weighted by Crippen LogP contribution is -2.38. The van der Waals surface area contributed by atoms with Crippen molar-refractivity contribution in [3.05, 3.63) is 110 Å². The number of carbonyl (C=O) groups excluding carboxylic acids is 2. The highest BCUT2D eigenvalue weighted by Gasteiger charge is 2.30. The predicted molar refractivity (Wildman–Crippen MR) is 141 cm³/mol. The summed E-state index contributed by atoms with van der Waals surface area (Å²) in [5.74, 6) is -4.76. The SMILES string of the molecule is O=C(NCc1c(F)cc(F)cc1F)c1c[nH]c(C(=O)N2CC/C=C3\CC[C@@H](C3)C2)c(OCc2ccccc2)c1=O. The van der Waals surface area contributed by atoms with E-state index in [1.807, 2.05) is 6.07 Å². The highest BCUT2D eigenvalue weighted by atomic mass is 19.1. The number of carbonyl (C=O) groups is 2. The van der Waals surface area contributed by atoms with Crippen LogP contribution in [0.2, 0.25) is 0 Å². The second-order valence-electron chi connectivity index (χ2n) is 10.1. The van der Waals surface area contributed by atoms with Gasteiger partial charge in [-0.15, -0.1) is 0 Å². The smallest absolute Gasteiger partial charge is 0.274 e. The molecular weight excluding hydrogens is 523 g/mol. The van der Waals surface area contributed by atoms with Crippen LogP contribution in [0.5, 0.6) is 5.75 Å². The Bertz CT molecular complexity index is 1500. The second-order valence-corrected chi connectivity index (χ2v) is 10.1. The van der Waals surface area contributed by atoms with Gasteiger partial charge in [0.25, 0.3) is 11.8 Å². The molecule has 0 spiro atoms. The second kappa shape index (κ2) is 11.8. The predicted octanol–water partition coefficient (Wildman–Crippen LogP) is 4.87. The van der Waals surface area contributed by atoms with E-state index in [-0.39, 0.29) is 18.1 Å². The molecule has 7 nitrogen and oxygen atoms in total. The van der Waals surface area contributed by atoms with E-state index in [0.717, 1.165) is 31.0 Å². The van der Waals surface area contributed by atoms with Crippen LogP contribution in [-0.2, 0) is 13.2 Å². The monoisotopic (exact) mass is 551 g/mol. The zero-order valence-electron chi connectivity index (χ0n) is 21.6. The number of rotatable bonds is 7. The highest BCUT2D eigenvalue weighted by Crippen LogP contribution is 2.33. The number of benzene rings is 2. The number of amides is 2. The minimum atomic E-state index is -1.17. The van der Waals surface area contributed by atoms with Crippen molar-refractivity contribution < 1.29 is 27.5 Å². The normalized spacial score (nSPS) is 17.9. The van der Waals surface area contributed by atoms with Crippen molar-refractivity contribution in [2.24, 2.45) is 5.92 Å². The summed E-state index contributed by atoms with van der Waals surface area (Å²) in [5, 5.41) is 2.28. The van der Waals surface area contributed by atoms with Crippen molar-refractivity contribution in [2.45, 2.75) is 38.8 Å². The Balaban J connectivity index is 1.42. The number of hydrogen-bond donors (Lipinski definition) is 2. The van der Waals surface area contributed by atoms with Gasteiger partial charge >= 0.3 is 0 Å². The van der Waals surface area contributed by atoms with Crippen LogP contribution in [-0.4, -0.2) is 34.8 Å². The molecule has 2 bridgehead atoms. The molecule has 2 amide bonds. The van der Waals surface area contributed by atoms with E-state index >= 15 is 0 Å². The number of fused-ring (bicyclic) bond motifs is 2. The largest absolute Gasteiger partial charge is 0.483 e. The number of H-pyrrole nitrogens is 1. The van der Waals surface area contributed by atoms with Crippen LogP contribution in [0.1, 0.15) is 57.7 Å². The van der Waals surface area contributed by atoms with Gasteiger partial charge in [-0.1, -0.05) is 42.0 Å². The zero-order valence-corrected chi connectivity index (χ0v) is 21.6. The Labute approximate surface area is 228 Å². The molecule has 1 atom stereocenters. The number of ether oxygens (including phenoxy) is 1. The summed E-state index contributed by atoms with van der Waals surface area (Å²) < 4.78 is 47.1. The lowest BCUT2D eigenvalue weighted by atomic mass is 10.0. The average molecular weight is 552 g/mol. The third-order valence-electron chi connectivity index (χ3n) is 7.28. The van der Waals surface area contributed by atoms with Gasteiger partial charge in [-0.3, -0.25) is 14.4 Å². The third-order valence-corrected chi connectivity index (χ3v) is 7.28. The highest BCUT2D eigenvalue weighted by molar-refractivity contribution is 5.98. The minimum absolute atomic E-state index is 0.0317. The van der Waals surface area contributed by atoms with Crippen molar-refractivity contribution >= 4 is 11.8 Å². The fourth-order valence-electron chi connectivity index (χ4n) is 5.19. The summed E-state index contributed by atoms with van der Waals surface area (Å²) in [7, 11) is 0. The van der Waals surface area contributed by atoms with Crippen LogP contribution < -0.4 is 15.5 Å². The fraction of sp³-hybridized carbons (Fsp3) is 0.300. The van der Waals surface area contributed by atoms with Crippen LogP contribution in [0.15, 0.2) is 65.1 Å². The fourth-order valence-corrected chi connectivity index (χ4v) is 5.19. The van der Waals surface area contributed by atoms with Crippen LogP contribution >= 0.6 is 0 Å². The number of aromatic amines is 1. The van der Waals surface area contributed by atoms with Gasteiger partial charge in [0.2, 0.25) is 5.43 Å². The van der Waals surface area contributed by atoms with E-state index in [1.165, 1.54) is 5.57 Å². The van der Waals surface area contributed by atoms with Gasteiger partial charge in [0.1, 0.15) is 29.6 Å². The Morgan fingerprint density at radius 1 is 1.10 bits per heavy atom. The van der Waals surface area contributed by atoms with E-state index in [2.05, 4.69) is 16.4 Å². The number of pyridine rings is 1. The lowest BCUT2D eigenvalue weighted by Gasteiger charge is -2.27. The van der Waals surface area contributed by atoms with Gasteiger partial charge < -0.3 is 19.9 Å². The third kappa shape index (κ3) is 5.95. The summed E-state index contributed by atoms with van der Waals surface area (Å²) in [4.78, 5) is 44.5. The molecule has 1 fully saturated rings. The molecule has 2 aromatic carbocycles. The summed E-state index contributed by atoms with van der Waals surface area (Å²) >= 11 is 0. The van der Waals surface area contributed by atoms with Crippen molar-refractivity contribution in [1.82, 2.24) is 15.2 Å². The standard InChI is InChI=1S/C30H28F3N3O4/c31-21-12-24(32)22(25(33)13-21)14-35-29(38)23-15-34-26(28(27(23)37)40-17-19-5-2-1-3-6-19)30(39)36-10-4-7-18-8-9-20(11-18)16-36/h1-3,5-7,12-13,15,20H,4,8-11,14,16-17H2,(H,34,37)(H,35,38)/b18-7+/t20-/m0/s1. The van der Waals surface area contributed by atoms with Gasteiger partial charge in [-0.25, -0.2) is 13.2 Å². The first-order chi connectivity index (χ1) is 19.3. The maximum Gasteiger partial charge on any atom is 0.274 e. The maximum absolute atomic E-state index is 14.0. The van der Waals surface area contributed by atoms with E-state index < -0.39 is 52.4 Å². The van der Waals surface area contributed by atoms with Crippen molar-refractivity contribution in [3.8, 4) is 5.75 Å². The Morgan fingerprint density at radius 2 is 1.85 bits per heavy atom. The average Bonchev–Trinajstić information content (AvgIpc) is 3.40. The molecule has 0 radical (unpaired) electrons. The number of nitrogens with one attached hydrogen (secondary N) is 2. The molecule has 2 aliphatic rings. The molecule has 1 aliphatic carbocycles. The first kappa shape index (κ1) is 27.2. The van der Waals surface area contributed by atoms with Gasteiger partial charge in [0.05, 0.1) is 0 Å². The summed E-state index contributed by atoms with van der Waals surface area (Å²) in [6, 6.07) is 10.0. The van der Waals surface area contributed by atoms with E-state index in [1.54, 1.807) is 29.2 Å². The van der Waals surface area contributed by atoms with E-state index in [9.17, 15) is 27.6 Å². The summed E-state index contributed by atoms with van der Waals surface area (Å²) in [6.07, 6.45) is 6.95. The first-order valence-electron chi connectivity index (χ1n) is 13.1. The van der Waals surface area contributed by atoms with Crippen molar-refractivity contribution in [3.63, 3.8) is 0 Å². The van der Waals surface area contributed by atoms with Crippen molar-refractivity contribution in [1.29, 1.82) is 0 Å². The van der Waals surface area contributed by atoms with Gasteiger partial charge in [-0.2, -0.15) is 0 Å². The van der Waals surface area contributed by atoms with E-state index in [4.69, 9.17) is 4.74 Å². The van der Waals surface area contributed by atoms with E-state index in [0.29, 0.717) is 37.6 Å². The molecule has 1 saturated carbocycles. The molecule has 10 heteroatoms. The molecule has 2 heterocycles. The molecule has 5 rings (SSSR count). The molecule has 1 aliphatic heterocycles. The molecule has 2 N–H and O–H groups in total. The van der Waals surface area contributed by atoms with Gasteiger partial charge in [0, 0.05) is 43.5 Å². The lowest BCUT2D eigenvalue weighted by molar-refractivity contribution is 0.0718. The van der Waals surface area contributed by atoms with Gasteiger partial charge in [0.15, 0.2) is 11.4 Å². The molecule has 1 aromatic heterocycles. The molecule has 0 unspecified atom stereocenters. The zero-order chi connectivity index (χ0) is 28.2. The molecule has 0 saturated heterocycles. The molecule has 208 valence electrons. The van der Waals surface area contributed by atoms with Crippen LogP contribution in [0.4, 0.5) is 13.2 Å². The Kier molecular flexibility index (Phi) is 8.04. The quantitative estimate of drug-likeness (QED) is 0.410. The van der Waals surface area contributed by atoms with Gasteiger partial charge in [-0.05, 0) is 37.2 Å². The number of halogens is 3. The molecule has 3 aromatic rings. The number of aromatic nitrogens is 1.